The Morgan fingerprint density at radius 1 is 1.08 bits per heavy atom. The van der Waals surface area contributed by atoms with E-state index in [1.54, 1.807) is 37.8 Å². The molecule has 1 aliphatic heterocycles. The number of anilines is 1. The van der Waals surface area contributed by atoms with Gasteiger partial charge in [-0.3, -0.25) is 0 Å². The van der Waals surface area contributed by atoms with Crippen LogP contribution in [0.5, 0.6) is 5.75 Å². The Balaban J connectivity index is 1.37. The number of ether oxygens (including phenoxy) is 3. The summed E-state index contributed by atoms with van der Waals surface area (Å²) in [5, 5.41) is 14.2. The summed E-state index contributed by atoms with van der Waals surface area (Å²) < 4.78 is 21.2. The van der Waals surface area contributed by atoms with Crippen LogP contribution in [0, 0.1) is 17.4 Å². The zero-order valence-corrected chi connectivity index (χ0v) is 22.6. The van der Waals surface area contributed by atoms with Crippen LogP contribution in [0.1, 0.15) is 45.6 Å². The number of hydrogen-bond donors (Lipinski definition) is 2. The number of carbonyl (C=O) groups excluding carboxylic acids is 2. The molecule has 10 nitrogen and oxygen atoms in total. The Morgan fingerprint density at radius 2 is 1.77 bits per heavy atom. The van der Waals surface area contributed by atoms with Crippen LogP contribution in [0.15, 0.2) is 54.6 Å². The Kier molecular flexibility index (Phi) is 11.0. The fourth-order valence-electron chi connectivity index (χ4n) is 3.94. The molecular weight excluding hydrogens is 499 g/mol. The van der Waals surface area contributed by atoms with Gasteiger partial charge in [-0.05, 0) is 5.56 Å². The number of carbonyl (C=O) groups is 2. The second-order valence-electron chi connectivity index (χ2n) is 10.1. The van der Waals surface area contributed by atoms with Crippen molar-refractivity contribution in [2.24, 2.45) is 5.92 Å². The number of piperidine rings is 1. The number of benzene rings is 2. The van der Waals surface area contributed by atoms with Crippen molar-refractivity contribution < 1.29 is 28.5 Å². The van der Waals surface area contributed by atoms with Crippen molar-refractivity contribution in [3.63, 3.8) is 0 Å². The number of nitrogens with one attached hydrogen (secondary N) is 2. The second kappa shape index (κ2) is 14.7. The van der Waals surface area contributed by atoms with Gasteiger partial charge >= 0.3 is 173 Å². The molecule has 0 unspecified atom stereocenters. The monoisotopic (exact) mass is 534 g/mol. The molecule has 2 aromatic rings. The molecule has 0 atom stereocenters. The molecule has 0 aromatic heterocycles. The molecule has 2 amide bonds. The molecule has 206 valence electrons. The van der Waals surface area contributed by atoms with Crippen LogP contribution in [0.3, 0.4) is 0 Å². The fraction of sp³-hybridized carbons (Fsp3) is 0.429. The van der Waals surface area contributed by atoms with E-state index in [1.807, 2.05) is 42.5 Å². The van der Waals surface area contributed by atoms with E-state index in [-0.39, 0.29) is 18.4 Å². The van der Waals surface area contributed by atoms with Gasteiger partial charge in [0.15, 0.2) is 0 Å². The molecule has 0 bridgehead atoms. The number of alkyl carbamates (subject to hydrolysis) is 1. The molecule has 2 N–H and O–H groups in total. The number of nitrogens with zero attached hydrogens (tertiary/aromatic N) is 2. The topological polar surface area (TPSA) is 122 Å². The van der Waals surface area contributed by atoms with Crippen molar-refractivity contribution in [2.45, 2.75) is 52.2 Å². The summed E-state index contributed by atoms with van der Waals surface area (Å²) >= 11 is 0. The fourth-order valence-corrected chi connectivity index (χ4v) is 3.94. The normalized spacial score (nSPS) is 13.9. The zero-order valence-electron chi connectivity index (χ0n) is 22.6. The van der Waals surface area contributed by atoms with Crippen molar-refractivity contribution >= 4 is 30.7 Å². The van der Waals surface area contributed by atoms with Crippen LogP contribution in [-0.2, 0) is 20.7 Å². The van der Waals surface area contributed by atoms with E-state index >= 15 is 0 Å². The van der Waals surface area contributed by atoms with Gasteiger partial charge in [-0.1, -0.05) is 30.3 Å². The minimum atomic E-state index is -0.683. The van der Waals surface area contributed by atoms with Gasteiger partial charge in [-0.15, -0.1) is 0 Å². The Hall–Kier alpha value is -4.20. The molecule has 2 aromatic carbocycles. The van der Waals surface area contributed by atoms with E-state index in [0.29, 0.717) is 37.1 Å². The van der Waals surface area contributed by atoms with Gasteiger partial charge in [-0.2, -0.15) is 0 Å². The first-order valence-electron chi connectivity index (χ1n) is 12.9. The third kappa shape index (κ3) is 11.0. The van der Waals surface area contributed by atoms with Crippen LogP contribution in [0.25, 0.3) is 0 Å². The molecule has 0 saturated carbocycles. The molecule has 0 radical (unpaired) electrons. The molecule has 39 heavy (non-hydrogen) atoms. The SMILES string of the molecule is CC(C)(C)OC(=O)NC(=BOC#N)Nc1ccc(OCCC2CCN(C(=O)OCc3ccccc3)CC2)cc1. The second-order valence-corrected chi connectivity index (χ2v) is 10.1. The Morgan fingerprint density at radius 3 is 2.41 bits per heavy atom. The van der Waals surface area contributed by atoms with Crippen molar-refractivity contribution in [3.05, 3.63) is 60.2 Å². The molecule has 11 heteroatoms. The van der Waals surface area contributed by atoms with Crippen molar-refractivity contribution in [1.82, 2.24) is 10.2 Å². The molecule has 0 aliphatic carbocycles. The Bertz CT molecular complexity index is 1140. The maximum absolute atomic E-state index is 12.4. The molecule has 0 spiro atoms. The summed E-state index contributed by atoms with van der Waals surface area (Å²) in [4.78, 5) is 26.2. The van der Waals surface area contributed by atoms with E-state index < -0.39 is 11.7 Å². The summed E-state index contributed by atoms with van der Waals surface area (Å²) in [6.07, 6.45) is 3.31. The number of nitriles is 1. The van der Waals surface area contributed by atoms with Gasteiger partial charge in [-0.25, -0.2) is 4.79 Å². The first-order valence-corrected chi connectivity index (χ1v) is 12.9. The van der Waals surface area contributed by atoms with Gasteiger partial charge in [0.25, 0.3) is 0 Å². The number of hydrogen-bond acceptors (Lipinski definition) is 8. The van der Waals surface area contributed by atoms with Gasteiger partial charge in [0.2, 0.25) is 0 Å². The van der Waals surface area contributed by atoms with Crippen molar-refractivity contribution in [2.75, 3.05) is 25.0 Å². The van der Waals surface area contributed by atoms with Crippen LogP contribution in [0.2, 0.25) is 0 Å². The van der Waals surface area contributed by atoms with Crippen LogP contribution < -0.4 is 15.4 Å². The summed E-state index contributed by atoms with van der Waals surface area (Å²) in [5.74, 6) is 1.19. The van der Waals surface area contributed by atoms with Gasteiger partial charge in [0.05, 0.1) is 0 Å². The number of amides is 2. The quantitative estimate of drug-likeness (QED) is 0.334. The minimum absolute atomic E-state index is 0.148. The van der Waals surface area contributed by atoms with Crippen molar-refractivity contribution in [1.29, 1.82) is 5.26 Å². The molecule has 1 aliphatic rings. The third-order valence-corrected chi connectivity index (χ3v) is 5.87. The summed E-state index contributed by atoms with van der Waals surface area (Å²) in [6, 6.07) is 16.8. The van der Waals surface area contributed by atoms with E-state index in [0.717, 1.165) is 31.9 Å². The third-order valence-electron chi connectivity index (χ3n) is 5.87. The molecule has 1 heterocycles. The van der Waals surface area contributed by atoms with Gasteiger partial charge in [0, 0.05) is 0 Å². The average Bonchev–Trinajstić information content (AvgIpc) is 2.91. The summed E-state index contributed by atoms with van der Waals surface area (Å²) in [6.45, 7) is 7.47. The average molecular weight is 534 g/mol. The standard InChI is InChI=1S/C28H35BN4O6/c1-28(2,3)39-26(34)32-25(29-38-20-30)31-23-9-11-24(12-10-23)36-18-15-21-13-16-33(17-14-21)27(35)37-19-22-7-5-4-6-8-22/h4-12,21,31H,13-19H2,1-3H3,(H,32,34). The van der Waals surface area contributed by atoms with Crippen LogP contribution in [-0.4, -0.2) is 55.2 Å². The van der Waals surface area contributed by atoms with Crippen LogP contribution >= 0.6 is 0 Å². The number of likely N-dealkylation sites (tertiary alicyclic amines) is 1. The van der Waals surface area contributed by atoms with Gasteiger partial charge in [0.1, 0.15) is 6.61 Å². The van der Waals surface area contributed by atoms with E-state index in [1.165, 1.54) is 6.26 Å². The van der Waals surface area contributed by atoms with E-state index in [4.69, 9.17) is 19.5 Å². The first kappa shape index (κ1) is 29.4. The zero-order chi connectivity index (χ0) is 28.1. The van der Waals surface area contributed by atoms with E-state index in [9.17, 15) is 9.59 Å². The van der Waals surface area contributed by atoms with Crippen LogP contribution in [0.4, 0.5) is 15.3 Å². The summed E-state index contributed by atoms with van der Waals surface area (Å²) in [7, 11) is 1.09. The van der Waals surface area contributed by atoms with Crippen molar-refractivity contribution in [3.8, 4) is 12.0 Å². The van der Waals surface area contributed by atoms with Gasteiger partial charge < -0.3 is 9.64 Å². The first-order chi connectivity index (χ1) is 18.7. The Labute approximate surface area is 230 Å². The van der Waals surface area contributed by atoms with E-state index in [2.05, 4.69) is 15.3 Å². The predicted octanol–water partition coefficient (Wildman–Crippen LogP) is 4.65. The number of rotatable bonds is 10. The predicted molar refractivity (Wildman–Crippen MR) is 148 cm³/mol. The maximum atomic E-state index is 12.4. The molecule has 1 saturated heterocycles. The molecule has 3 rings (SSSR count). The summed E-state index contributed by atoms with van der Waals surface area (Å²) in [5.41, 5.74) is 1.10. The molecular formula is C28H35BN4O6. The molecule has 1 fully saturated rings.